The van der Waals surface area contributed by atoms with E-state index < -0.39 is 13.8 Å². The number of hydrogen-bond acceptors (Lipinski definition) is 8. The first kappa shape index (κ1) is 19.2. The number of hydrogen-bond donors (Lipinski definition) is 0. The van der Waals surface area contributed by atoms with Gasteiger partial charge in [0, 0.05) is 6.47 Å². The molecular weight excluding hydrogens is 226 g/mol. The van der Waals surface area contributed by atoms with Gasteiger partial charge in [-0.25, -0.2) is 0 Å². The van der Waals surface area contributed by atoms with E-state index in [4.69, 9.17) is 9.90 Å². The van der Waals surface area contributed by atoms with Crippen LogP contribution in [0, 0.1) is 0 Å². The summed E-state index contributed by atoms with van der Waals surface area (Å²) in [6.45, 7) is -0.549. The summed E-state index contributed by atoms with van der Waals surface area (Å²) in [6.07, 6.45) is 0. The standard InChI is InChI=1S/C3H3BO6.CH2O2.K/c5-1-8-4(9-2-6)10-3-7;2-1-3;/h1-3H;1H,(H,2,3);/q;;+1/p-1. The van der Waals surface area contributed by atoms with Gasteiger partial charge < -0.3 is 23.9 Å². The number of carboxylic acid groups (broad SMARTS) is 1. The Morgan fingerprint density at radius 1 is 0.857 bits per heavy atom. The van der Waals surface area contributed by atoms with Crippen LogP contribution in [0.25, 0.3) is 0 Å². The van der Waals surface area contributed by atoms with Crippen molar-refractivity contribution >= 4 is 33.2 Å². The maximum Gasteiger partial charge on any atom is 1.00 e. The molecule has 0 N–H and O–H groups in total. The van der Waals surface area contributed by atoms with Crippen LogP contribution in [0.2, 0.25) is 0 Å². The van der Waals surface area contributed by atoms with Gasteiger partial charge in [0.2, 0.25) is 0 Å². The van der Waals surface area contributed by atoms with Crippen molar-refractivity contribution in [2.24, 2.45) is 0 Å². The van der Waals surface area contributed by atoms with Crippen molar-refractivity contribution in [1.82, 2.24) is 0 Å². The first-order chi connectivity index (χ1) is 6.26. The summed E-state index contributed by atoms with van der Waals surface area (Å²) in [5.41, 5.74) is 0. The van der Waals surface area contributed by atoms with Gasteiger partial charge >= 0.3 is 58.7 Å². The molecule has 0 bridgehead atoms. The molecular formula is C4H4BKO8. The van der Waals surface area contributed by atoms with Crippen LogP contribution < -0.4 is 56.5 Å². The smallest absolute Gasteiger partial charge is 0.554 e. The third kappa shape index (κ3) is 17.6. The first-order valence-corrected chi connectivity index (χ1v) is 2.59. The van der Waals surface area contributed by atoms with Crippen molar-refractivity contribution in [3.63, 3.8) is 0 Å². The van der Waals surface area contributed by atoms with E-state index in [1.165, 1.54) is 0 Å². The van der Waals surface area contributed by atoms with Crippen LogP contribution in [0.4, 0.5) is 0 Å². The molecule has 0 aliphatic carbocycles. The molecule has 0 aromatic heterocycles. The molecule has 0 radical (unpaired) electrons. The monoisotopic (exact) mass is 230 g/mol. The van der Waals surface area contributed by atoms with Crippen molar-refractivity contribution < 1.29 is 89.6 Å². The minimum Gasteiger partial charge on any atom is -0.554 e. The number of carbonyl (C=O) groups is 4. The first-order valence-electron chi connectivity index (χ1n) is 2.59. The molecule has 0 rings (SSSR count). The molecule has 0 unspecified atom stereocenters. The fourth-order valence-electron chi connectivity index (χ4n) is 0.232. The molecule has 0 amide bonds. The zero-order valence-electron chi connectivity index (χ0n) is 7.15. The Hall–Kier alpha value is -0.419. The summed E-state index contributed by atoms with van der Waals surface area (Å²) in [4.78, 5) is 36.9. The topological polar surface area (TPSA) is 119 Å². The van der Waals surface area contributed by atoms with Crippen LogP contribution in [0.1, 0.15) is 0 Å². The molecule has 10 heteroatoms. The van der Waals surface area contributed by atoms with Crippen molar-refractivity contribution in [3.8, 4) is 0 Å². The van der Waals surface area contributed by atoms with Crippen LogP contribution >= 0.6 is 0 Å². The van der Waals surface area contributed by atoms with Gasteiger partial charge in [-0.05, 0) is 0 Å². The van der Waals surface area contributed by atoms with E-state index in [2.05, 4.69) is 14.0 Å². The van der Waals surface area contributed by atoms with E-state index >= 15 is 0 Å². The second-order valence-electron chi connectivity index (χ2n) is 1.08. The van der Waals surface area contributed by atoms with Gasteiger partial charge in [-0.3, -0.25) is 14.4 Å². The summed E-state index contributed by atoms with van der Waals surface area (Å²) >= 11 is 0. The summed E-state index contributed by atoms with van der Waals surface area (Å²) in [5, 5.41) is 8.25. The van der Waals surface area contributed by atoms with E-state index in [1.807, 2.05) is 0 Å². The molecule has 0 saturated heterocycles. The van der Waals surface area contributed by atoms with Gasteiger partial charge in [0.05, 0.1) is 0 Å². The molecule has 0 fully saturated rings. The fraction of sp³-hybridized carbons (Fsp3) is 0. The Morgan fingerprint density at radius 2 is 1.07 bits per heavy atom. The average Bonchev–Trinajstić information content (AvgIpc) is 2.07. The molecule has 0 aromatic rings. The molecule has 0 aliphatic heterocycles. The molecule has 72 valence electrons. The van der Waals surface area contributed by atoms with Crippen LogP contribution in [0.3, 0.4) is 0 Å². The van der Waals surface area contributed by atoms with Crippen molar-refractivity contribution in [2.45, 2.75) is 0 Å². The van der Waals surface area contributed by atoms with Crippen LogP contribution in [-0.2, 0) is 33.1 Å². The molecule has 0 heterocycles. The minimum absolute atomic E-state index is 0. The van der Waals surface area contributed by atoms with E-state index in [-0.39, 0.29) is 70.8 Å². The Morgan fingerprint density at radius 3 is 1.21 bits per heavy atom. The third-order valence-electron chi connectivity index (χ3n) is 0.500. The van der Waals surface area contributed by atoms with E-state index in [0.717, 1.165) is 0 Å². The van der Waals surface area contributed by atoms with Gasteiger partial charge in [0.25, 0.3) is 19.4 Å². The second-order valence-corrected chi connectivity index (χ2v) is 1.08. The van der Waals surface area contributed by atoms with Gasteiger partial charge in [0.1, 0.15) is 0 Å². The van der Waals surface area contributed by atoms with Gasteiger partial charge in [-0.15, -0.1) is 0 Å². The zero-order valence-corrected chi connectivity index (χ0v) is 10.3. The van der Waals surface area contributed by atoms with Crippen molar-refractivity contribution in [3.05, 3.63) is 0 Å². The van der Waals surface area contributed by atoms with E-state index in [9.17, 15) is 14.4 Å². The molecule has 0 aromatic carbocycles. The van der Waals surface area contributed by atoms with Crippen molar-refractivity contribution in [1.29, 1.82) is 0 Å². The normalized spacial score (nSPS) is 6.00. The summed E-state index contributed by atoms with van der Waals surface area (Å²) < 4.78 is 11.8. The van der Waals surface area contributed by atoms with Crippen molar-refractivity contribution in [2.75, 3.05) is 0 Å². The number of carbonyl (C=O) groups excluding carboxylic acids is 4. The quantitative estimate of drug-likeness (QED) is 0.326. The largest absolute Gasteiger partial charge is 1.00 e. The minimum atomic E-state index is -1.58. The second kappa shape index (κ2) is 18.4. The van der Waals surface area contributed by atoms with Gasteiger partial charge in [-0.2, -0.15) is 0 Å². The molecule has 0 saturated carbocycles. The summed E-state index contributed by atoms with van der Waals surface area (Å²) in [7, 11) is -1.58. The SMILES string of the molecule is O=COB(OC=O)OC=O.O=C[O-].[K+]. The molecule has 14 heavy (non-hydrogen) atoms. The van der Waals surface area contributed by atoms with Crippen LogP contribution in [-0.4, -0.2) is 33.2 Å². The zero-order chi connectivity index (χ0) is 10.5. The fourth-order valence-corrected chi connectivity index (χ4v) is 0.232. The molecule has 8 nitrogen and oxygen atoms in total. The van der Waals surface area contributed by atoms with Crippen LogP contribution in [0.5, 0.6) is 0 Å². The van der Waals surface area contributed by atoms with E-state index in [1.54, 1.807) is 0 Å². The van der Waals surface area contributed by atoms with Crippen LogP contribution in [0.15, 0.2) is 0 Å². The number of rotatable bonds is 6. The van der Waals surface area contributed by atoms with E-state index in [0.29, 0.717) is 0 Å². The van der Waals surface area contributed by atoms with Gasteiger partial charge in [0.15, 0.2) is 0 Å². The summed E-state index contributed by atoms with van der Waals surface area (Å²) in [5.74, 6) is 0. The average molecular weight is 230 g/mol. The Balaban J connectivity index is -0.000000267. The Labute approximate surface area is 121 Å². The molecule has 0 spiro atoms. The maximum absolute atomic E-state index is 9.55. The Bertz CT molecular complexity index is 140. The summed E-state index contributed by atoms with van der Waals surface area (Å²) in [6, 6.07) is 0. The van der Waals surface area contributed by atoms with Gasteiger partial charge in [-0.1, -0.05) is 0 Å². The Kier molecular flexibility index (Phi) is 25.2. The maximum atomic E-state index is 9.55. The molecule has 0 aliphatic rings. The predicted molar refractivity (Wildman–Crippen MR) is 33.3 cm³/mol. The predicted octanol–water partition coefficient (Wildman–Crippen LogP) is -6.14. The third-order valence-corrected chi connectivity index (χ3v) is 0.500. The molecule has 0 atom stereocenters.